The molecule has 1 saturated heterocycles. The number of aliphatic carboxylic acids is 1. The molecule has 29 heavy (non-hydrogen) atoms. The zero-order chi connectivity index (χ0) is 22.0. The molecule has 0 saturated carbocycles. The van der Waals surface area contributed by atoms with Crippen LogP contribution in [0.15, 0.2) is 24.3 Å². The highest BCUT2D eigenvalue weighted by Crippen LogP contribution is 2.49. The van der Waals surface area contributed by atoms with Gasteiger partial charge in [-0.3, -0.25) is 14.5 Å². The van der Waals surface area contributed by atoms with Crippen molar-refractivity contribution in [1.29, 1.82) is 0 Å². The van der Waals surface area contributed by atoms with Crippen molar-refractivity contribution in [2.75, 3.05) is 13.1 Å². The smallest absolute Gasteiger partial charge is 0.477 e. The second-order valence-corrected chi connectivity index (χ2v) is 9.14. The highest BCUT2D eigenvalue weighted by molar-refractivity contribution is 6.21. The number of carboxylic acid groups (broad SMARTS) is 2. The lowest BCUT2D eigenvalue weighted by molar-refractivity contribution is -0.930. The van der Waals surface area contributed by atoms with Gasteiger partial charge in [0.05, 0.1) is 24.1 Å². The molecule has 3 rings (SSSR count). The maximum Gasteiger partial charge on any atom is 0.514 e. The predicted octanol–water partition coefficient (Wildman–Crippen LogP) is 1.55. The maximum atomic E-state index is 12.7. The predicted molar refractivity (Wildman–Crippen MR) is 100 cm³/mol. The number of rotatable bonds is 3. The van der Waals surface area contributed by atoms with E-state index in [1.54, 1.807) is 32.9 Å². The molecule has 2 heterocycles. The zero-order valence-electron chi connectivity index (χ0n) is 16.8. The summed E-state index contributed by atoms with van der Waals surface area (Å²) in [5.74, 6) is -2.55. The zero-order valence-corrected chi connectivity index (χ0v) is 16.8. The van der Waals surface area contributed by atoms with Gasteiger partial charge in [-0.05, 0) is 32.9 Å². The van der Waals surface area contributed by atoms with E-state index in [2.05, 4.69) is 0 Å². The van der Waals surface area contributed by atoms with E-state index in [1.165, 1.54) is 19.1 Å². The van der Waals surface area contributed by atoms with Gasteiger partial charge in [-0.1, -0.05) is 12.1 Å². The minimum Gasteiger partial charge on any atom is -0.477 e. The van der Waals surface area contributed by atoms with E-state index in [9.17, 15) is 34.5 Å². The normalized spacial score (nSPS) is 31.8. The van der Waals surface area contributed by atoms with Crippen LogP contribution in [0.1, 0.15) is 54.8 Å². The first-order chi connectivity index (χ1) is 13.2. The van der Waals surface area contributed by atoms with Gasteiger partial charge in [-0.25, -0.2) is 9.28 Å². The summed E-state index contributed by atoms with van der Waals surface area (Å²) in [7, 11) is 0. The lowest BCUT2D eigenvalue weighted by atomic mass is 9.87. The van der Waals surface area contributed by atoms with Crippen molar-refractivity contribution in [2.45, 2.75) is 50.8 Å². The van der Waals surface area contributed by atoms with Gasteiger partial charge < -0.3 is 15.3 Å². The Hall–Kier alpha value is -2.78. The van der Waals surface area contributed by atoms with E-state index >= 15 is 0 Å². The van der Waals surface area contributed by atoms with Gasteiger partial charge in [0.2, 0.25) is 5.54 Å². The lowest BCUT2D eigenvalue weighted by Crippen LogP contribution is -2.73. The van der Waals surface area contributed by atoms with Crippen LogP contribution in [0.4, 0.5) is 4.79 Å². The molecular formula is C20H25N2O7+. The number of nitrogens with zero attached hydrogens (tertiary/aromatic N) is 2. The number of amides is 3. The van der Waals surface area contributed by atoms with E-state index < -0.39 is 64.5 Å². The number of carboxylic acids is 1. The van der Waals surface area contributed by atoms with Crippen molar-refractivity contribution in [1.82, 2.24) is 4.90 Å². The second-order valence-electron chi connectivity index (χ2n) is 9.14. The van der Waals surface area contributed by atoms with Crippen molar-refractivity contribution in [3.8, 4) is 0 Å². The second kappa shape index (κ2) is 6.11. The third-order valence-electron chi connectivity index (χ3n) is 6.31. The number of hydrogen-bond acceptors (Lipinski definition) is 5. The summed E-state index contributed by atoms with van der Waals surface area (Å²) in [5, 5.41) is 31.3. The molecule has 1 aromatic rings. The minimum atomic E-state index is -1.88. The van der Waals surface area contributed by atoms with E-state index in [0.29, 0.717) is 0 Å². The molecule has 0 spiro atoms. The van der Waals surface area contributed by atoms with Crippen LogP contribution in [-0.4, -0.2) is 78.3 Å². The quantitative estimate of drug-likeness (QED) is 0.513. The molecule has 3 atom stereocenters. The summed E-state index contributed by atoms with van der Waals surface area (Å²) < 4.78 is -0.936. The van der Waals surface area contributed by atoms with Crippen molar-refractivity contribution in [3.05, 3.63) is 35.4 Å². The van der Waals surface area contributed by atoms with Gasteiger partial charge in [0.1, 0.15) is 17.7 Å². The molecule has 0 radical (unpaired) electrons. The first-order valence-electron chi connectivity index (χ1n) is 9.23. The summed E-state index contributed by atoms with van der Waals surface area (Å²) in [6.07, 6.45) is -1.81. The van der Waals surface area contributed by atoms with Crippen LogP contribution < -0.4 is 0 Å². The Morgan fingerprint density at radius 1 is 1.10 bits per heavy atom. The van der Waals surface area contributed by atoms with E-state index in [1.807, 2.05) is 0 Å². The lowest BCUT2D eigenvalue weighted by Gasteiger charge is -2.48. The molecule has 3 amide bonds. The molecule has 9 nitrogen and oxygen atoms in total. The summed E-state index contributed by atoms with van der Waals surface area (Å²) in [6, 6.07) is 6.24. The standard InChI is InChI=1S/C20H24N2O7/c1-18(2,3)22(17(27)28)11-20(29,9-19(22,4)16(25)26)10-21-14(23)12-7-5-6-8-13(12)15(21)24/h5-8,29H,9-11H2,1-4H3,(H-,25,26,27,28)/p+1/t19-,20+,22?/m0/s1. The van der Waals surface area contributed by atoms with Crippen LogP contribution >= 0.6 is 0 Å². The van der Waals surface area contributed by atoms with Gasteiger partial charge >= 0.3 is 12.1 Å². The van der Waals surface area contributed by atoms with Crippen LogP contribution in [0, 0.1) is 0 Å². The average Bonchev–Trinajstić information content (AvgIpc) is 3.00. The molecule has 2 aliphatic heterocycles. The number of β-amino-alcohol motifs (C(OH)–C–C–N with tert-alkyl or cyclic N) is 1. The van der Waals surface area contributed by atoms with E-state index in [4.69, 9.17) is 0 Å². The molecule has 1 unspecified atom stereocenters. The average molecular weight is 405 g/mol. The SMILES string of the molecule is CC(C)(C)[N+]1(C(=O)O)C[C@](O)(CN2C(=O)c3ccccc3C2=O)C[C@@]1(C)C(=O)O. The highest BCUT2D eigenvalue weighted by Gasteiger charge is 2.74. The van der Waals surface area contributed by atoms with Crippen molar-refractivity contribution >= 4 is 23.9 Å². The van der Waals surface area contributed by atoms with Crippen LogP contribution in [-0.2, 0) is 4.79 Å². The minimum absolute atomic E-state index is 0.204. The molecule has 9 heteroatoms. The van der Waals surface area contributed by atoms with Gasteiger partial charge in [-0.15, -0.1) is 0 Å². The van der Waals surface area contributed by atoms with Crippen molar-refractivity contribution in [3.63, 3.8) is 0 Å². The molecule has 1 aromatic carbocycles. The molecule has 3 N–H and O–H groups in total. The third-order valence-corrected chi connectivity index (χ3v) is 6.31. The molecule has 0 aliphatic carbocycles. The summed E-state index contributed by atoms with van der Waals surface area (Å²) in [5.41, 5.74) is -4.42. The van der Waals surface area contributed by atoms with Gasteiger partial charge in [0, 0.05) is 6.92 Å². The number of benzene rings is 1. The number of likely N-dealkylation sites (tertiary alicyclic amines) is 1. The molecule has 2 aliphatic rings. The fraction of sp³-hybridized carbons (Fsp3) is 0.500. The van der Waals surface area contributed by atoms with Gasteiger partial charge in [0.15, 0.2) is 0 Å². The Labute approximate surface area is 167 Å². The Bertz CT molecular complexity index is 902. The first kappa shape index (κ1) is 20.9. The Morgan fingerprint density at radius 2 is 1.59 bits per heavy atom. The number of carbonyl (C=O) groups excluding carboxylic acids is 2. The Kier molecular flexibility index (Phi) is 4.41. The number of quaternary nitrogens is 1. The molecule has 0 bridgehead atoms. The monoisotopic (exact) mass is 405 g/mol. The van der Waals surface area contributed by atoms with Gasteiger partial charge in [0.25, 0.3) is 11.8 Å². The highest BCUT2D eigenvalue weighted by atomic mass is 16.4. The summed E-state index contributed by atoms with van der Waals surface area (Å²) in [6.45, 7) is 5.13. The topological polar surface area (TPSA) is 132 Å². The van der Waals surface area contributed by atoms with E-state index in [0.717, 1.165) is 4.90 Å². The molecule has 1 fully saturated rings. The summed E-state index contributed by atoms with van der Waals surface area (Å²) >= 11 is 0. The molecule has 0 aromatic heterocycles. The van der Waals surface area contributed by atoms with Gasteiger partial charge in [-0.2, -0.15) is 4.79 Å². The third kappa shape index (κ3) is 2.68. The van der Waals surface area contributed by atoms with Crippen LogP contribution in [0.3, 0.4) is 0 Å². The van der Waals surface area contributed by atoms with Crippen molar-refractivity contribution < 1.29 is 39.0 Å². The number of hydrogen-bond donors (Lipinski definition) is 3. The number of carbonyl (C=O) groups is 4. The first-order valence-corrected chi connectivity index (χ1v) is 9.23. The summed E-state index contributed by atoms with van der Waals surface area (Å²) in [4.78, 5) is 50.8. The fourth-order valence-corrected chi connectivity index (χ4v) is 5.01. The number of imide groups is 1. The largest absolute Gasteiger partial charge is 0.514 e. The van der Waals surface area contributed by atoms with Crippen LogP contribution in [0.5, 0.6) is 0 Å². The Morgan fingerprint density at radius 3 is 1.93 bits per heavy atom. The van der Waals surface area contributed by atoms with Crippen LogP contribution in [0.25, 0.3) is 0 Å². The number of fused-ring (bicyclic) bond motifs is 1. The number of aliphatic hydroxyl groups is 1. The van der Waals surface area contributed by atoms with E-state index in [-0.39, 0.29) is 11.1 Å². The maximum absolute atomic E-state index is 12.7. The molecular weight excluding hydrogens is 380 g/mol. The van der Waals surface area contributed by atoms with Crippen LogP contribution in [0.2, 0.25) is 0 Å². The molecule has 156 valence electrons. The van der Waals surface area contributed by atoms with Crippen molar-refractivity contribution in [2.24, 2.45) is 0 Å². The fourth-order valence-electron chi connectivity index (χ4n) is 5.01. The Balaban J connectivity index is 2.04.